The molecule has 0 aromatic heterocycles. The molecule has 5 nitrogen and oxygen atoms in total. The topological polar surface area (TPSA) is 79.2 Å². The highest BCUT2D eigenvalue weighted by molar-refractivity contribution is 5.90. The lowest BCUT2D eigenvalue weighted by molar-refractivity contribution is -0.130. The number of amides is 1. The first-order valence-corrected chi connectivity index (χ1v) is 11.6. The average Bonchev–Trinajstić information content (AvgIpc) is 2.87. The first-order chi connectivity index (χ1) is 16.4. The van der Waals surface area contributed by atoms with Crippen molar-refractivity contribution >= 4 is 11.9 Å². The highest BCUT2D eigenvalue weighted by atomic mass is 16.7. The van der Waals surface area contributed by atoms with E-state index in [1.165, 1.54) is 0 Å². The zero-order valence-electron chi connectivity index (χ0n) is 19.7. The van der Waals surface area contributed by atoms with Crippen molar-refractivity contribution in [1.29, 1.82) is 5.26 Å². The Bertz CT molecular complexity index is 1090. The van der Waals surface area contributed by atoms with Gasteiger partial charge in [-0.15, -0.1) is 0 Å². The number of benzene rings is 3. The van der Waals surface area contributed by atoms with Gasteiger partial charge in [-0.2, -0.15) is 10.7 Å². The van der Waals surface area contributed by atoms with E-state index >= 15 is 0 Å². The molecule has 3 aromatic rings. The molecule has 0 aliphatic heterocycles. The summed E-state index contributed by atoms with van der Waals surface area (Å²) in [6.45, 7) is 4.07. The van der Waals surface area contributed by atoms with Crippen LogP contribution in [0.2, 0.25) is 0 Å². The maximum atomic E-state index is 12.1. The van der Waals surface area contributed by atoms with Crippen LogP contribution in [0.15, 0.2) is 78.9 Å². The first kappa shape index (κ1) is 24.7. The van der Waals surface area contributed by atoms with Crippen LogP contribution in [0.1, 0.15) is 64.7 Å². The monoisotopic (exact) mass is 454 g/mol. The molecule has 5 heteroatoms. The largest absolute Gasteiger partial charge is 0.362 e. The van der Waals surface area contributed by atoms with Gasteiger partial charge in [-0.05, 0) is 49.9 Å². The normalized spacial score (nSPS) is 10.9. The summed E-state index contributed by atoms with van der Waals surface area (Å²) in [5.41, 5.74) is 6.12. The maximum Gasteiger partial charge on any atom is 0.362 e. The molecule has 0 bridgehead atoms. The van der Waals surface area contributed by atoms with E-state index in [-0.39, 0.29) is 12.3 Å². The minimum Gasteiger partial charge on any atom is -0.335 e. The number of hydroxylamine groups is 1. The lowest BCUT2D eigenvalue weighted by Gasteiger charge is -2.28. The summed E-state index contributed by atoms with van der Waals surface area (Å²) in [4.78, 5) is 28.8. The fourth-order valence-electron chi connectivity index (χ4n) is 3.96. The van der Waals surface area contributed by atoms with E-state index in [0.29, 0.717) is 18.4 Å². The van der Waals surface area contributed by atoms with Gasteiger partial charge in [0.05, 0.1) is 11.6 Å². The van der Waals surface area contributed by atoms with Gasteiger partial charge in [-0.1, -0.05) is 90.7 Å². The number of hydrogen-bond donors (Lipinski definition) is 1. The minimum absolute atomic E-state index is 0.247. The van der Waals surface area contributed by atoms with Gasteiger partial charge in [0.15, 0.2) is 0 Å². The molecule has 0 saturated carbocycles. The van der Waals surface area contributed by atoms with E-state index in [9.17, 15) is 14.9 Å². The molecule has 0 saturated heterocycles. The molecular weight excluding hydrogens is 424 g/mol. The molecule has 0 fully saturated rings. The van der Waals surface area contributed by atoms with Gasteiger partial charge in [-0.3, -0.25) is 4.79 Å². The van der Waals surface area contributed by atoms with E-state index in [1.807, 2.05) is 62.4 Å². The number of nitrogens with one attached hydrogen (secondary N) is 1. The zero-order valence-corrected chi connectivity index (χ0v) is 19.7. The van der Waals surface area contributed by atoms with E-state index in [4.69, 9.17) is 4.84 Å². The third kappa shape index (κ3) is 6.32. The van der Waals surface area contributed by atoms with Crippen molar-refractivity contribution in [3.63, 3.8) is 0 Å². The Labute approximate surface area is 201 Å². The van der Waals surface area contributed by atoms with E-state index in [1.54, 1.807) is 30.3 Å². The van der Waals surface area contributed by atoms with Crippen LogP contribution in [0.5, 0.6) is 0 Å². The molecule has 0 spiro atoms. The molecular formula is C29H30N2O3. The summed E-state index contributed by atoms with van der Waals surface area (Å²) in [5, 5.41) is 10.3. The Morgan fingerprint density at radius 2 is 1.38 bits per heavy atom. The highest BCUT2D eigenvalue weighted by Gasteiger charge is 2.34. The van der Waals surface area contributed by atoms with Gasteiger partial charge in [0.25, 0.3) is 5.91 Å². The third-order valence-electron chi connectivity index (χ3n) is 6.00. The van der Waals surface area contributed by atoms with E-state index in [2.05, 4.69) is 11.5 Å². The Morgan fingerprint density at radius 3 is 1.91 bits per heavy atom. The van der Waals surface area contributed by atoms with Crippen molar-refractivity contribution in [2.24, 2.45) is 0 Å². The molecule has 0 unspecified atom stereocenters. The number of carbonyl (C=O) groups is 2. The van der Waals surface area contributed by atoms with Crippen molar-refractivity contribution in [3.8, 4) is 6.07 Å². The fraction of sp³-hybridized carbons (Fsp3) is 0.276. The molecule has 0 atom stereocenters. The van der Waals surface area contributed by atoms with Gasteiger partial charge in [0.1, 0.15) is 5.41 Å². The number of nitriles is 1. The van der Waals surface area contributed by atoms with Crippen LogP contribution in [0.4, 0.5) is 0 Å². The van der Waals surface area contributed by atoms with Crippen molar-refractivity contribution < 1.29 is 14.4 Å². The van der Waals surface area contributed by atoms with Crippen molar-refractivity contribution in [3.05, 3.63) is 107 Å². The number of rotatable bonds is 9. The first-order valence-electron chi connectivity index (χ1n) is 11.6. The Balaban J connectivity index is 1.55. The van der Waals surface area contributed by atoms with Crippen LogP contribution in [0.3, 0.4) is 0 Å². The molecule has 3 rings (SSSR count). The summed E-state index contributed by atoms with van der Waals surface area (Å²) in [6, 6.07) is 27.4. The second-order valence-corrected chi connectivity index (χ2v) is 8.59. The summed E-state index contributed by atoms with van der Waals surface area (Å²) < 4.78 is 0. The van der Waals surface area contributed by atoms with Gasteiger partial charge >= 0.3 is 5.97 Å². The van der Waals surface area contributed by atoms with Gasteiger partial charge < -0.3 is 4.84 Å². The summed E-state index contributed by atoms with van der Waals surface area (Å²) >= 11 is 0. The van der Waals surface area contributed by atoms with E-state index < -0.39 is 11.4 Å². The highest BCUT2D eigenvalue weighted by Crippen LogP contribution is 2.37. The number of nitrogens with zero attached hydrogens (tertiary/aromatic N) is 1. The molecule has 0 aliphatic rings. The second kappa shape index (κ2) is 11.8. The molecule has 174 valence electrons. The molecule has 1 N–H and O–H groups in total. The smallest absolute Gasteiger partial charge is 0.335 e. The Hall–Kier alpha value is -3.91. The Kier molecular flexibility index (Phi) is 8.59. The zero-order chi connectivity index (χ0) is 24.4. The lowest BCUT2D eigenvalue weighted by atomic mass is 9.72. The number of hydrogen-bond acceptors (Lipinski definition) is 4. The summed E-state index contributed by atoms with van der Waals surface area (Å²) in [5.74, 6) is -0.933. The molecule has 3 aromatic carbocycles. The second-order valence-electron chi connectivity index (χ2n) is 8.59. The summed E-state index contributed by atoms with van der Waals surface area (Å²) in [7, 11) is 0. The predicted octanol–water partition coefficient (Wildman–Crippen LogP) is 5.95. The van der Waals surface area contributed by atoms with Gasteiger partial charge in [0, 0.05) is 6.42 Å². The van der Waals surface area contributed by atoms with Crippen LogP contribution in [-0.4, -0.2) is 11.9 Å². The van der Waals surface area contributed by atoms with Crippen LogP contribution < -0.4 is 5.48 Å². The van der Waals surface area contributed by atoms with Crippen LogP contribution in [0, 0.1) is 25.2 Å². The number of unbranched alkanes of at least 4 members (excludes halogenated alkanes) is 2. The fourth-order valence-corrected chi connectivity index (χ4v) is 3.96. The maximum absolute atomic E-state index is 12.1. The molecule has 0 heterocycles. The number of carbonyl (C=O) groups excluding carboxylic acids is 2. The quantitative estimate of drug-likeness (QED) is 0.320. The Morgan fingerprint density at radius 1 is 0.824 bits per heavy atom. The standard InChI is InChI=1S/C29H30N2O3/c1-22-12-16-25(17-13-22)29(21-30,26-18-14-23(2)15-19-26)20-8-4-7-11-27(32)31-34-28(33)24-9-5-3-6-10-24/h3,5-6,9-10,12-19H,4,7-8,11,20H2,1-2H3,(H,31,32). The lowest BCUT2D eigenvalue weighted by Crippen LogP contribution is -2.27. The van der Waals surface area contributed by atoms with E-state index in [0.717, 1.165) is 35.1 Å². The number of aryl methyl sites for hydroxylation is 2. The average molecular weight is 455 g/mol. The van der Waals surface area contributed by atoms with Crippen molar-refractivity contribution in [2.45, 2.75) is 51.4 Å². The molecule has 1 amide bonds. The van der Waals surface area contributed by atoms with Crippen molar-refractivity contribution in [2.75, 3.05) is 0 Å². The van der Waals surface area contributed by atoms with Gasteiger partial charge in [-0.25, -0.2) is 4.79 Å². The molecule has 34 heavy (non-hydrogen) atoms. The predicted molar refractivity (Wildman–Crippen MR) is 132 cm³/mol. The SMILES string of the molecule is Cc1ccc(C(C#N)(CCCCCC(=O)NOC(=O)c2ccccc2)c2ccc(C)cc2)cc1. The third-order valence-corrected chi connectivity index (χ3v) is 6.00. The van der Waals surface area contributed by atoms with Crippen LogP contribution in [-0.2, 0) is 15.0 Å². The minimum atomic E-state index is -0.741. The van der Waals surface area contributed by atoms with Crippen LogP contribution in [0.25, 0.3) is 0 Å². The molecule has 0 radical (unpaired) electrons. The summed E-state index contributed by atoms with van der Waals surface area (Å²) in [6.07, 6.45) is 3.10. The molecule has 0 aliphatic carbocycles. The van der Waals surface area contributed by atoms with Crippen molar-refractivity contribution in [1.82, 2.24) is 5.48 Å². The van der Waals surface area contributed by atoms with Crippen LogP contribution >= 0.6 is 0 Å². The van der Waals surface area contributed by atoms with Gasteiger partial charge in [0.2, 0.25) is 0 Å².